The van der Waals surface area contributed by atoms with E-state index >= 15 is 0 Å². The number of benzene rings is 1. The van der Waals surface area contributed by atoms with Gasteiger partial charge in [0.2, 0.25) is 0 Å². The minimum atomic E-state index is -0.648. The average molecular weight is 350 g/mol. The fourth-order valence-corrected chi connectivity index (χ4v) is 3.58. The molecule has 1 fully saturated rings. The van der Waals surface area contributed by atoms with Crippen LogP contribution < -0.4 is 10.5 Å². The normalized spacial score (nSPS) is 23.6. The molecule has 1 aromatic carbocycles. The Bertz CT molecular complexity index is 593. The van der Waals surface area contributed by atoms with E-state index in [4.69, 9.17) is 10.5 Å². The molecule has 0 bridgehead atoms. The number of hydrogen-bond acceptors (Lipinski definition) is 5. The number of carbonyl (C=O) groups excluding carboxylic acids is 1. The van der Waals surface area contributed by atoms with Crippen molar-refractivity contribution in [2.24, 2.45) is 11.1 Å². The van der Waals surface area contributed by atoms with Gasteiger partial charge in [-0.15, -0.1) is 0 Å². The van der Waals surface area contributed by atoms with Gasteiger partial charge in [-0.2, -0.15) is 0 Å². The number of likely N-dealkylation sites (tertiary alicyclic amines) is 1. The van der Waals surface area contributed by atoms with Crippen LogP contribution in [0.4, 0.5) is 0 Å². The second-order valence-corrected chi connectivity index (χ2v) is 6.94. The quantitative estimate of drug-likeness (QED) is 0.689. The lowest BCUT2D eigenvalue weighted by atomic mass is 9.74. The van der Waals surface area contributed by atoms with Gasteiger partial charge in [-0.3, -0.25) is 4.79 Å². The molecule has 140 valence electrons. The van der Waals surface area contributed by atoms with E-state index in [2.05, 4.69) is 0 Å². The largest absolute Gasteiger partial charge is 0.491 e. The molecule has 2 atom stereocenters. The SMILES string of the molecule is CCC[C@@]1(CO)CN(C(=O)c2cc(C)ccc2OCCN)CC[C@H]1O. The summed E-state index contributed by atoms with van der Waals surface area (Å²) in [7, 11) is 0. The number of aliphatic hydroxyl groups is 2. The molecule has 1 aliphatic heterocycles. The summed E-state index contributed by atoms with van der Waals surface area (Å²) in [5, 5.41) is 20.3. The molecule has 4 N–H and O–H groups in total. The number of aliphatic hydroxyl groups excluding tert-OH is 2. The van der Waals surface area contributed by atoms with Crippen LogP contribution in [0.1, 0.15) is 42.1 Å². The minimum absolute atomic E-state index is 0.128. The van der Waals surface area contributed by atoms with Gasteiger partial charge in [-0.05, 0) is 31.9 Å². The molecule has 0 unspecified atom stereocenters. The topological polar surface area (TPSA) is 96.0 Å². The van der Waals surface area contributed by atoms with Crippen molar-refractivity contribution >= 4 is 5.91 Å². The van der Waals surface area contributed by atoms with Crippen LogP contribution in [-0.2, 0) is 0 Å². The Morgan fingerprint density at radius 3 is 2.88 bits per heavy atom. The number of amides is 1. The number of aryl methyl sites for hydroxylation is 1. The molecule has 6 nitrogen and oxygen atoms in total. The average Bonchev–Trinajstić information content (AvgIpc) is 2.62. The van der Waals surface area contributed by atoms with Crippen LogP contribution in [0.5, 0.6) is 5.75 Å². The van der Waals surface area contributed by atoms with Gasteiger partial charge in [0, 0.05) is 25.0 Å². The van der Waals surface area contributed by atoms with Crippen molar-refractivity contribution in [1.29, 1.82) is 0 Å². The molecule has 1 heterocycles. The molecule has 6 heteroatoms. The smallest absolute Gasteiger partial charge is 0.257 e. The lowest BCUT2D eigenvalue weighted by Gasteiger charge is -2.45. The molecule has 1 aliphatic rings. The Morgan fingerprint density at radius 2 is 2.24 bits per heavy atom. The number of carbonyl (C=O) groups is 1. The summed E-state index contributed by atoms with van der Waals surface area (Å²) in [6.45, 7) is 5.36. The highest BCUT2D eigenvalue weighted by atomic mass is 16.5. The van der Waals surface area contributed by atoms with Crippen molar-refractivity contribution in [3.05, 3.63) is 29.3 Å². The number of rotatable bonds is 7. The standard InChI is InChI=1S/C19H30N2O4/c1-3-7-19(13-22)12-21(9-6-17(19)23)18(24)15-11-14(2)4-5-16(15)25-10-8-20/h4-5,11,17,22-23H,3,6-10,12-13,20H2,1-2H3/t17-,19+/m1/s1. The summed E-state index contributed by atoms with van der Waals surface area (Å²) in [5.41, 5.74) is 6.34. The van der Waals surface area contributed by atoms with E-state index in [1.165, 1.54) is 0 Å². The first kappa shape index (κ1) is 19.7. The van der Waals surface area contributed by atoms with Crippen LogP contribution in [0.3, 0.4) is 0 Å². The first-order valence-electron chi connectivity index (χ1n) is 8.99. The van der Waals surface area contributed by atoms with Crippen LogP contribution in [0, 0.1) is 12.3 Å². The highest BCUT2D eigenvalue weighted by Gasteiger charge is 2.43. The Kier molecular flexibility index (Phi) is 6.81. The van der Waals surface area contributed by atoms with Crippen LogP contribution in [0.25, 0.3) is 0 Å². The highest BCUT2D eigenvalue weighted by Crippen LogP contribution is 2.36. The Hall–Kier alpha value is -1.63. The third-order valence-electron chi connectivity index (χ3n) is 4.98. The van der Waals surface area contributed by atoms with Gasteiger partial charge in [0.25, 0.3) is 5.91 Å². The van der Waals surface area contributed by atoms with E-state index in [-0.39, 0.29) is 12.5 Å². The third kappa shape index (κ3) is 4.32. The lowest BCUT2D eigenvalue weighted by Crippen LogP contribution is -2.55. The first-order chi connectivity index (χ1) is 12.0. The molecular formula is C19H30N2O4. The van der Waals surface area contributed by atoms with Crippen molar-refractivity contribution in [2.45, 2.75) is 39.2 Å². The number of nitrogens with zero attached hydrogens (tertiary/aromatic N) is 1. The van der Waals surface area contributed by atoms with Crippen molar-refractivity contribution in [2.75, 3.05) is 32.8 Å². The van der Waals surface area contributed by atoms with Gasteiger partial charge in [0.15, 0.2) is 0 Å². The molecule has 1 aromatic rings. The summed E-state index contributed by atoms with van der Waals surface area (Å²) < 4.78 is 5.63. The Balaban J connectivity index is 2.26. The number of piperidine rings is 1. The Morgan fingerprint density at radius 1 is 1.48 bits per heavy atom. The van der Waals surface area contributed by atoms with E-state index in [1.807, 2.05) is 26.0 Å². The van der Waals surface area contributed by atoms with Gasteiger partial charge in [0.1, 0.15) is 12.4 Å². The molecule has 1 saturated heterocycles. The van der Waals surface area contributed by atoms with Crippen LogP contribution in [0.15, 0.2) is 18.2 Å². The third-order valence-corrected chi connectivity index (χ3v) is 4.98. The predicted octanol–water partition coefficient (Wildman–Crippen LogP) is 1.32. The maximum absolute atomic E-state index is 13.1. The molecule has 25 heavy (non-hydrogen) atoms. The summed E-state index contributed by atoms with van der Waals surface area (Å²) in [6, 6.07) is 5.51. The van der Waals surface area contributed by atoms with Crippen LogP contribution >= 0.6 is 0 Å². The molecule has 0 radical (unpaired) electrons. The van der Waals surface area contributed by atoms with Gasteiger partial charge in [0.05, 0.1) is 18.3 Å². The van der Waals surface area contributed by atoms with Gasteiger partial charge in [-0.1, -0.05) is 25.0 Å². The minimum Gasteiger partial charge on any atom is -0.491 e. The highest BCUT2D eigenvalue weighted by molar-refractivity contribution is 5.97. The maximum Gasteiger partial charge on any atom is 0.257 e. The lowest BCUT2D eigenvalue weighted by molar-refractivity contribution is -0.0720. The molecule has 0 spiro atoms. The summed E-state index contributed by atoms with van der Waals surface area (Å²) in [6.07, 6.45) is 1.40. The molecule has 1 amide bonds. The number of ether oxygens (including phenoxy) is 1. The van der Waals surface area contributed by atoms with Crippen molar-refractivity contribution in [3.8, 4) is 5.75 Å². The number of nitrogens with two attached hydrogens (primary N) is 1. The second kappa shape index (κ2) is 8.65. The van der Waals surface area contributed by atoms with Gasteiger partial charge < -0.3 is 25.6 Å². The summed E-state index contributed by atoms with van der Waals surface area (Å²) >= 11 is 0. The molecule has 0 saturated carbocycles. The van der Waals surface area contributed by atoms with Crippen molar-refractivity contribution < 1.29 is 19.7 Å². The van der Waals surface area contributed by atoms with E-state index in [1.54, 1.807) is 11.0 Å². The monoisotopic (exact) mass is 350 g/mol. The number of hydrogen-bond donors (Lipinski definition) is 3. The van der Waals surface area contributed by atoms with Gasteiger partial charge >= 0.3 is 0 Å². The Labute approximate surface area is 149 Å². The van der Waals surface area contributed by atoms with Gasteiger partial charge in [-0.25, -0.2) is 0 Å². The maximum atomic E-state index is 13.1. The zero-order chi connectivity index (χ0) is 18.4. The van der Waals surface area contributed by atoms with Crippen LogP contribution in [0.2, 0.25) is 0 Å². The van der Waals surface area contributed by atoms with E-state index in [0.29, 0.717) is 50.4 Å². The van der Waals surface area contributed by atoms with E-state index in [9.17, 15) is 15.0 Å². The predicted molar refractivity (Wildman–Crippen MR) is 96.7 cm³/mol. The fraction of sp³-hybridized carbons (Fsp3) is 0.632. The first-order valence-corrected chi connectivity index (χ1v) is 8.99. The molecule has 2 rings (SSSR count). The van der Waals surface area contributed by atoms with E-state index in [0.717, 1.165) is 12.0 Å². The molecular weight excluding hydrogens is 320 g/mol. The van der Waals surface area contributed by atoms with Crippen molar-refractivity contribution in [1.82, 2.24) is 4.90 Å². The fourth-order valence-electron chi connectivity index (χ4n) is 3.58. The zero-order valence-electron chi connectivity index (χ0n) is 15.2. The van der Waals surface area contributed by atoms with E-state index < -0.39 is 11.5 Å². The molecule has 0 aliphatic carbocycles. The molecule has 0 aromatic heterocycles. The van der Waals surface area contributed by atoms with Crippen LogP contribution in [-0.4, -0.2) is 60.0 Å². The zero-order valence-corrected chi connectivity index (χ0v) is 15.2. The summed E-state index contributed by atoms with van der Waals surface area (Å²) in [5.74, 6) is 0.397. The summed E-state index contributed by atoms with van der Waals surface area (Å²) in [4.78, 5) is 14.8. The van der Waals surface area contributed by atoms with Crippen molar-refractivity contribution in [3.63, 3.8) is 0 Å². The second-order valence-electron chi connectivity index (χ2n) is 6.94.